The second-order valence-electron chi connectivity index (χ2n) is 10.9. The fraction of sp³-hybridized carbons (Fsp3) is 0.593. The van der Waals surface area contributed by atoms with Crippen LogP contribution in [0.4, 0.5) is 11.6 Å². The topological polar surface area (TPSA) is 98.7 Å². The van der Waals surface area contributed by atoms with Crippen molar-refractivity contribution < 1.29 is 13.2 Å². The van der Waals surface area contributed by atoms with E-state index in [9.17, 15) is 13.2 Å². The molecular formula is C27H40N6O3S. The van der Waals surface area contributed by atoms with Crippen molar-refractivity contribution in [3.8, 4) is 0 Å². The summed E-state index contributed by atoms with van der Waals surface area (Å²) in [6.07, 6.45) is 5.94. The molecule has 0 aromatic carbocycles. The Labute approximate surface area is 221 Å². The smallest absolute Gasteiger partial charge is 0.281 e. The van der Waals surface area contributed by atoms with Gasteiger partial charge >= 0.3 is 0 Å². The Morgan fingerprint density at radius 1 is 1.14 bits per heavy atom. The lowest BCUT2D eigenvalue weighted by molar-refractivity contribution is 0.0981. The van der Waals surface area contributed by atoms with Gasteiger partial charge in [0.1, 0.15) is 11.6 Å². The van der Waals surface area contributed by atoms with Gasteiger partial charge in [0.15, 0.2) is 5.03 Å². The highest BCUT2D eigenvalue weighted by molar-refractivity contribution is 7.90. The third-order valence-corrected chi connectivity index (χ3v) is 8.54. The van der Waals surface area contributed by atoms with Gasteiger partial charge in [-0.2, -0.15) is 8.42 Å². The molecule has 2 saturated heterocycles. The zero-order valence-corrected chi connectivity index (χ0v) is 23.3. The first kappa shape index (κ1) is 27.3. The maximum absolute atomic E-state index is 13.3. The number of carbonyl (C=O) groups excluding carboxylic acids is 1. The molecule has 202 valence electrons. The second-order valence-corrected chi connectivity index (χ2v) is 12.5. The largest absolute Gasteiger partial charge is 0.355 e. The number of hydrogen-bond acceptors (Lipinski definition) is 8. The SMILES string of the molecule is CCCCN1CCCN(c2cccc(S(=O)(=O)NC(=O)c3cccnc3N3CC(C)CC3(C)C)n2)CC1. The van der Waals surface area contributed by atoms with Crippen molar-refractivity contribution in [2.75, 3.05) is 49.1 Å². The van der Waals surface area contributed by atoms with E-state index < -0.39 is 15.9 Å². The zero-order valence-electron chi connectivity index (χ0n) is 22.5. The Morgan fingerprint density at radius 3 is 2.68 bits per heavy atom. The highest BCUT2D eigenvalue weighted by Gasteiger charge is 2.39. The Hall–Kier alpha value is -2.72. The lowest BCUT2D eigenvalue weighted by atomic mass is 9.97. The molecule has 10 heteroatoms. The van der Waals surface area contributed by atoms with Gasteiger partial charge in [0, 0.05) is 37.9 Å². The van der Waals surface area contributed by atoms with Crippen molar-refractivity contribution >= 4 is 27.6 Å². The van der Waals surface area contributed by atoms with Gasteiger partial charge in [0.05, 0.1) is 5.56 Å². The van der Waals surface area contributed by atoms with Crippen LogP contribution in [0, 0.1) is 5.92 Å². The highest BCUT2D eigenvalue weighted by Crippen LogP contribution is 2.37. The summed E-state index contributed by atoms with van der Waals surface area (Å²) in [4.78, 5) is 28.9. The van der Waals surface area contributed by atoms with Crippen LogP contribution in [0.25, 0.3) is 0 Å². The number of sulfonamides is 1. The molecule has 1 N–H and O–H groups in total. The maximum Gasteiger partial charge on any atom is 0.281 e. The first-order valence-electron chi connectivity index (χ1n) is 13.3. The summed E-state index contributed by atoms with van der Waals surface area (Å²) in [6.45, 7) is 14.0. The molecular weight excluding hydrogens is 488 g/mol. The van der Waals surface area contributed by atoms with E-state index in [0.717, 1.165) is 52.1 Å². The van der Waals surface area contributed by atoms with E-state index in [1.54, 1.807) is 24.4 Å². The summed E-state index contributed by atoms with van der Waals surface area (Å²) in [6, 6.07) is 8.22. The van der Waals surface area contributed by atoms with Gasteiger partial charge in [0.25, 0.3) is 15.9 Å². The van der Waals surface area contributed by atoms with Gasteiger partial charge in [0.2, 0.25) is 0 Å². The summed E-state index contributed by atoms with van der Waals surface area (Å²) < 4.78 is 28.7. The fourth-order valence-electron chi connectivity index (χ4n) is 5.51. The number of carbonyl (C=O) groups is 1. The van der Waals surface area contributed by atoms with Gasteiger partial charge < -0.3 is 14.7 Å². The van der Waals surface area contributed by atoms with Gasteiger partial charge in [-0.15, -0.1) is 0 Å². The number of amides is 1. The maximum atomic E-state index is 13.3. The molecule has 1 unspecified atom stereocenters. The van der Waals surface area contributed by atoms with Crippen LogP contribution in [0.1, 0.15) is 63.7 Å². The normalized spacial score (nSPS) is 20.6. The lowest BCUT2D eigenvalue weighted by Crippen LogP contribution is -2.41. The van der Waals surface area contributed by atoms with E-state index in [-0.39, 0.29) is 16.1 Å². The summed E-state index contributed by atoms with van der Waals surface area (Å²) in [5.74, 6) is 0.860. The van der Waals surface area contributed by atoms with Crippen LogP contribution in [0.5, 0.6) is 0 Å². The van der Waals surface area contributed by atoms with Crippen LogP contribution >= 0.6 is 0 Å². The fourth-order valence-corrected chi connectivity index (χ4v) is 6.44. The quantitative estimate of drug-likeness (QED) is 0.556. The molecule has 2 aromatic rings. The van der Waals surface area contributed by atoms with E-state index in [4.69, 9.17) is 0 Å². The Bertz CT molecular complexity index is 1200. The van der Waals surface area contributed by atoms with Crippen molar-refractivity contribution in [1.29, 1.82) is 0 Å². The molecule has 2 aliphatic rings. The van der Waals surface area contributed by atoms with Crippen LogP contribution in [0.15, 0.2) is 41.6 Å². The van der Waals surface area contributed by atoms with Gasteiger partial charge in [-0.05, 0) is 76.4 Å². The minimum absolute atomic E-state index is 0.161. The van der Waals surface area contributed by atoms with E-state index >= 15 is 0 Å². The standard InChI is InChI=1S/C27H40N6O3S/c1-5-6-14-31-15-9-16-32(18-17-31)23-11-7-12-24(29-23)37(35,36)30-26(34)22-10-8-13-28-25(22)33-20-21(2)19-27(33,3)4/h7-8,10-13,21H,5-6,9,14-20H2,1-4H3,(H,30,34). The third-order valence-electron chi connectivity index (χ3n) is 7.31. The zero-order chi connectivity index (χ0) is 26.6. The Kier molecular flexibility index (Phi) is 8.38. The number of rotatable bonds is 8. The highest BCUT2D eigenvalue weighted by atomic mass is 32.2. The summed E-state index contributed by atoms with van der Waals surface area (Å²) in [5.41, 5.74) is 0.0562. The lowest BCUT2D eigenvalue weighted by Gasteiger charge is -2.33. The number of nitrogens with zero attached hydrogens (tertiary/aromatic N) is 5. The predicted octanol–water partition coefficient (Wildman–Crippen LogP) is 3.53. The molecule has 1 amide bonds. The third kappa shape index (κ3) is 6.41. The minimum atomic E-state index is -4.17. The molecule has 4 rings (SSSR count). The number of hydrogen-bond donors (Lipinski definition) is 1. The minimum Gasteiger partial charge on any atom is -0.355 e. The van der Waals surface area contributed by atoms with E-state index in [1.165, 1.54) is 18.9 Å². The van der Waals surface area contributed by atoms with E-state index in [2.05, 4.69) is 57.1 Å². The molecule has 2 fully saturated rings. The summed E-state index contributed by atoms with van der Waals surface area (Å²) >= 11 is 0. The predicted molar refractivity (Wildman–Crippen MR) is 147 cm³/mol. The Morgan fingerprint density at radius 2 is 1.95 bits per heavy atom. The monoisotopic (exact) mass is 528 g/mol. The summed E-state index contributed by atoms with van der Waals surface area (Å²) in [7, 11) is -4.17. The van der Waals surface area contributed by atoms with Crippen LogP contribution in [-0.2, 0) is 10.0 Å². The molecule has 4 heterocycles. The molecule has 0 aliphatic carbocycles. The summed E-state index contributed by atoms with van der Waals surface area (Å²) in [5, 5.41) is -0.161. The first-order valence-corrected chi connectivity index (χ1v) is 14.8. The molecule has 2 aromatic heterocycles. The number of anilines is 2. The van der Waals surface area contributed by atoms with Crippen molar-refractivity contribution in [2.45, 2.75) is 63.9 Å². The van der Waals surface area contributed by atoms with E-state index in [1.807, 2.05) is 6.07 Å². The first-order chi connectivity index (χ1) is 17.6. The van der Waals surface area contributed by atoms with Crippen molar-refractivity contribution in [1.82, 2.24) is 19.6 Å². The number of pyridine rings is 2. The average Bonchev–Trinajstić information content (AvgIpc) is 3.00. The molecule has 9 nitrogen and oxygen atoms in total. The van der Waals surface area contributed by atoms with Gasteiger partial charge in [-0.1, -0.05) is 26.3 Å². The van der Waals surface area contributed by atoms with Crippen molar-refractivity contribution in [3.05, 3.63) is 42.1 Å². The van der Waals surface area contributed by atoms with Crippen molar-refractivity contribution in [2.24, 2.45) is 5.92 Å². The number of unbranched alkanes of at least 4 members (excludes halogenated alkanes) is 1. The molecule has 0 saturated carbocycles. The number of aromatic nitrogens is 2. The van der Waals surface area contributed by atoms with Crippen LogP contribution in [0.3, 0.4) is 0 Å². The average molecular weight is 529 g/mol. The molecule has 0 bridgehead atoms. The molecule has 2 aliphatic heterocycles. The second kappa shape index (κ2) is 11.3. The van der Waals surface area contributed by atoms with Gasteiger partial charge in [-0.3, -0.25) is 4.79 Å². The van der Waals surface area contributed by atoms with Crippen LogP contribution in [0.2, 0.25) is 0 Å². The van der Waals surface area contributed by atoms with E-state index in [0.29, 0.717) is 17.6 Å². The molecule has 0 spiro atoms. The van der Waals surface area contributed by atoms with Crippen LogP contribution in [-0.4, -0.2) is 74.0 Å². The molecule has 37 heavy (non-hydrogen) atoms. The van der Waals surface area contributed by atoms with Gasteiger partial charge in [-0.25, -0.2) is 14.7 Å². The number of nitrogens with one attached hydrogen (secondary N) is 1. The van der Waals surface area contributed by atoms with Crippen molar-refractivity contribution in [3.63, 3.8) is 0 Å². The van der Waals surface area contributed by atoms with Crippen LogP contribution < -0.4 is 14.5 Å². The molecule has 1 atom stereocenters. The Balaban J connectivity index is 1.51. The molecule has 0 radical (unpaired) electrons.